The van der Waals surface area contributed by atoms with E-state index in [-0.39, 0.29) is 11.9 Å². The first-order valence-corrected chi connectivity index (χ1v) is 7.55. The standard InChI is InChI=1S/C16H22N2O4/c1-2-22-11-8-6-10(7-9-11)15(19)18-14-12(16(20)21)4-3-5-13(14)17/h6-9,12-14H,2-5,17H2,1H3,(H,18,19)(H,20,21)/t12?,13-,14?/m0/s1. The quantitative estimate of drug-likeness (QED) is 0.763. The summed E-state index contributed by atoms with van der Waals surface area (Å²) in [4.78, 5) is 23.6. The molecule has 1 fully saturated rings. The number of ether oxygens (including phenoxy) is 1. The Labute approximate surface area is 129 Å². The summed E-state index contributed by atoms with van der Waals surface area (Å²) < 4.78 is 5.33. The SMILES string of the molecule is CCOc1ccc(C(=O)NC2C(C(=O)O)CCC[C@@H]2N)cc1. The van der Waals surface area contributed by atoms with E-state index in [0.29, 0.717) is 24.3 Å². The Hall–Kier alpha value is -2.08. The minimum Gasteiger partial charge on any atom is -0.494 e. The van der Waals surface area contributed by atoms with Gasteiger partial charge in [0.05, 0.1) is 18.6 Å². The van der Waals surface area contributed by atoms with Crippen LogP contribution in [0, 0.1) is 5.92 Å². The number of hydrogen-bond donors (Lipinski definition) is 3. The number of hydrogen-bond acceptors (Lipinski definition) is 4. The zero-order valence-electron chi connectivity index (χ0n) is 12.6. The molecule has 0 heterocycles. The molecule has 0 saturated heterocycles. The van der Waals surface area contributed by atoms with Gasteiger partial charge in [-0.15, -0.1) is 0 Å². The van der Waals surface area contributed by atoms with Gasteiger partial charge >= 0.3 is 5.97 Å². The summed E-state index contributed by atoms with van der Waals surface area (Å²) in [6.45, 7) is 2.44. The van der Waals surface area contributed by atoms with Gasteiger partial charge < -0.3 is 20.9 Å². The van der Waals surface area contributed by atoms with Crippen molar-refractivity contribution < 1.29 is 19.4 Å². The fourth-order valence-corrected chi connectivity index (χ4v) is 2.82. The van der Waals surface area contributed by atoms with Crippen LogP contribution in [0.25, 0.3) is 0 Å². The lowest BCUT2D eigenvalue weighted by Crippen LogP contribution is -2.55. The van der Waals surface area contributed by atoms with Gasteiger partial charge in [0, 0.05) is 11.6 Å². The number of nitrogens with two attached hydrogens (primary N) is 1. The van der Waals surface area contributed by atoms with Crippen LogP contribution in [0.15, 0.2) is 24.3 Å². The van der Waals surface area contributed by atoms with Gasteiger partial charge in [0.1, 0.15) is 5.75 Å². The van der Waals surface area contributed by atoms with Gasteiger partial charge in [-0.3, -0.25) is 9.59 Å². The smallest absolute Gasteiger partial charge is 0.308 e. The number of carboxylic acid groups (broad SMARTS) is 1. The maximum absolute atomic E-state index is 12.3. The van der Waals surface area contributed by atoms with Crippen molar-refractivity contribution in [1.82, 2.24) is 5.32 Å². The Morgan fingerprint density at radius 1 is 1.32 bits per heavy atom. The second kappa shape index (κ2) is 7.26. The second-order valence-electron chi connectivity index (χ2n) is 5.50. The number of aliphatic carboxylic acids is 1. The molecule has 0 radical (unpaired) electrons. The molecular weight excluding hydrogens is 284 g/mol. The number of carboxylic acids is 1. The highest BCUT2D eigenvalue weighted by atomic mass is 16.5. The predicted octanol–water partition coefficient (Wildman–Crippen LogP) is 1.40. The van der Waals surface area contributed by atoms with Crippen molar-refractivity contribution in [1.29, 1.82) is 0 Å². The van der Waals surface area contributed by atoms with Crippen molar-refractivity contribution in [2.45, 2.75) is 38.3 Å². The molecular formula is C16H22N2O4. The highest BCUT2D eigenvalue weighted by Gasteiger charge is 2.36. The van der Waals surface area contributed by atoms with Gasteiger partial charge in [0.25, 0.3) is 5.91 Å². The fourth-order valence-electron chi connectivity index (χ4n) is 2.82. The zero-order valence-corrected chi connectivity index (χ0v) is 12.6. The van der Waals surface area contributed by atoms with Crippen LogP contribution >= 0.6 is 0 Å². The topological polar surface area (TPSA) is 102 Å². The molecule has 1 amide bonds. The molecule has 6 nitrogen and oxygen atoms in total. The lowest BCUT2D eigenvalue weighted by atomic mass is 9.81. The molecule has 1 saturated carbocycles. The fraction of sp³-hybridized carbons (Fsp3) is 0.500. The molecule has 0 bridgehead atoms. The number of carbonyl (C=O) groups excluding carboxylic acids is 1. The van der Waals surface area contributed by atoms with Gasteiger partial charge in [-0.05, 0) is 44.0 Å². The van der Waals surface area contributed by atoms with Crippen molar-refractivity contribution in [3.63, 3.8) is 0 Å². The Balaban J connectivity index is 2.07. The normalized spacial score (nSPS) is 24.5. The van der Waals surface area contributed by atoms with E-state index in [4.69, 9.17) is 10.5 Å². The summed E-state index contributed by atoms with van der Waals surface area (Å²) in [5.41, 5.74) is 6.46. The summed E-state index contributed by atoms with van der Waals surface area (Å²) in [6.07, 6.45) is 2.03. The zero-order chi connectivity index (χ0) is 16.1. The maximum Gasteiger partial charge on any atom is 0.308 e. The molecule has 3 atom stereocenters. The van der Waals surface area contributed by atoms with E-state index in [0.717, 1.165) is 12.8 Å². The molecule has 1 aromatic rings. The van der Waals surface area contributed by atoms with Gasteiger partial charge in [-0.2, -0.15) is 0 Å². The highest BCUT2D eigenvalue weighted by Crippen LogP contribution is 2.24. The van der Waals surface area contributed by atoms with Crippen LogP contribution in [0.1, 0.15) is 36.5 Å². The first-order chi connectivity index (χ1) is 10.5. The maximum atomic E-state index is 12.3. The predicted molar refractivity (Wildman–Crippen MR) is 81.8 cm³/mol. The molecule has 0 spiro atoms. The van der Waals surface area contributed by atoms with Gasteiger partial charge in [-0.25, -0.2) is 0 Å². The van der Waals surface area contributed by atoms with E-state index in [1.54, 1.807) is 24.3 Å². The van der Waals surface area contributed by atoms with Crippen molar-refractivity contribution in [3.05, 3.63) is 29.8 Å². The van der Waals surface area contributed by atoms with Crippen molar-refractivity contribution in [2.24, 2.45) is 11.7 Å². The highest BCUT2D eigenvalue weighted by molar-refractivity contribution is 5.94. The van der Waals surface area contributed by atoms with E-state index in [2.05, 4.69) is 5.32 Å². The van der Waals surface area contributed by atoms with E-state index in [9.17, 15) is 14.7 Å². The van der Waals surface area contributed by atoms with Crippen LogP contribution in [0.3, 0.4) is 0 Å². The summed E-state index contributed by atoms with van der Waals surface area (Å²) in [5.74, 6) is -1.16. The van der Waals surface area contributed by atoms with Crippen molar-refractivity contribution in [2.75, 3.05) is 6.61 Å². The Morgan fingerprint density at radius 3 is 2.59 bits per heavy atom. The third kappa shape index (κ3) is 3.76. The monoisotopic (exact) mass is 306 g/mol. The molecule has 4 N–H and O–H groups in total. The minimum atomic E-state index is -0.910. The largest absolute Gasteiger partial charge is 0.494 e. The van der Waals surface area contributed by atoms with E-state index in [1.807, 2.05) is 6.92 Å². The van der Waals surface area contributed by atoms with E-state index >= 15 is 0 Å². The third-order valence-electron chi connectivity index (χ3n) is 3.99. The second-order valence-corrected chi connectivity index (χ2v) is 5.50. The van der Waals surface area contributed by atoms with Crippen molar-refractivity contribution >= 4 is 11.9 Å². The Bertz CT molecular complexity index is 529. The van der Waals surface area contributed by atoms with Crippen LogP contribution in [-0.2, 0) is 4.79 Å². The molecule has 1 aliphatic carbocycles. The molecule has 0 aromatic heterocycles. The molecule has 22 heavy (non-hydrogen) atoms. The minimum absolute atomic E-state index is 0.309. The van der Waals surface area contributed by atoms with Crippen LogP contribution in [0.5, 0.6) is 5.75 Å². The molecule has 120 valence electrons. The Kier molecular flexibility index (Phi) is 5.38. The molecule has 6 heteroatoms. The summed E-state index contributed by atoms with van der Waals surface area (Å²) in [7, 11) is 0. The number of nitrogens with one attached hydrogen (secondary N) is 1. The van der Waals surface area contributed by atoms with Gasteiger partial charge in [-0.1, -0.05) is 6.42 Å². The number of benzene rings is 1. The molecule has 2 unspecified atom stereocenters. The van der Waals surface area contributed by atoms with Gasteiger partial charge in [0.15, 0.2) is 0 Å². The Morgan fingerprint density at radius 2 is 2.00 bits per heavy atom. The average molecular weight is 306 g/mol. The number of amides is 1. The summed E-state index contributed by atoms with van der Waals surface area (Å²) in [5, 5.41) is 12.1. The third-order valence-corrected chi connectivity index (χ3v) is 3.99. The van der Waals surface area contributed by atoms with Crippen LogP contribution < -0.4 is 15.8 Å². The first kappa shape index (κ1) is 16.3. The van der Waals surface area contributed by atoms with Crippen LogP contribution in [-0.4, -0.2) is 35.7 Å². The lowest BCUT2D eigenvalue weighted by Gasteiger charge is -2.34. The molecule has 2 rings (SSSR count). The van der Waals surface area contributed by atoms with E-state index in [1.165, 1.54) is 0 Å². The molecule has 1 aliphatic rings. The van der Waals surface area contributed by atoms with Crippen LogP contribution in [0.4, 0.5) is 0 Å². The van der Waals surface area contributed by atoms with Gasteiger partial charge in [0.2, 0.25) is 0 Å². The van der Waals surface area contributed by atoms with Crippen LogP contribution in [0.2, 0.25) is 0 Å². The first-order valence-electron chi connectivity index (χ1n) is 7.55. The number of rotatable bonds is 5. The number of carbonyl (C=O) groups is 2. The van der Waals surface area contributed by atoms with E-state index < -0.39 is 17.9 Å². The summed E-state index contributed by atoms with van der Waals surface area (Å²) in [6, 6.07) is 5.88. The molecule has 0 aliphatic heterocycles. The molecule has 1 aromatic carbocycles. The lowest BCUT2D eigenvalue weighted by molar-refractivity contribution is -0.143. The summed E-state index contributed by atoms with van der Waals surface area (Å²) >= 11 is 0. The van der Waals surface area contributed by atoms with Crippen molar-refractivity contribution in [3.8, 4) is 5.75 Å². The average Bonchev–Trinajstić information content (AvgIpc) is 2.50.